The van der Waals surface area contributed by atoms with Crippen molar-refractivity contribution in [1.29, 1.82) is 0 Å². The second kappa shape index (κ2) is 5.03. The lowest BCUT2D eigenvalue weighted by molar-refractivity contribution is 0.0702. The Labute approximate surface area is 135 Å². The second-order valence-electron chi connectivity index (χ2n) is 5.17. The van der Waals surface area contributed by atoms with Gasteiger partial charge >= 0.3 is 5.97 Å². The lowest BCUT2D eigenvalue weighted by atomic mass is 10.0. The second-order valence-corrected chi connectivity index (χ2v) is 6.25. The summed E-state index contributed by atoms with van der Waals surface area (Å²) < 4.78 is 0.961. The number of nitrogens with two attached hydrogens (primary N) is 1. The van der Waals surface area contributed by atoms with Gasteiger partial charge in [0, 0.05) is 16.3 Å². The first-order chi connectivity index (χ1) is 11.1. The number of carboxylic acid groups (broad SMARTS) is 1. The minimum atomic E-state index is -0.895. The Hall–Kier alpha value is -2.99. The standard InChI is InChI=1S/C17H11N3O2S/c18-17-19-8-12-6-9(1-3-13(12)20-17)10-2-4-14-11(5-10)7-15(23-14)16(21)22/h1-8H,(H,21,22)(H2,18,19,20). The van der Waals surface area contributed by atoms with E-state index in [9.17, 15) is 4.79 Å². The summed E-state index contributed by atoms with van der Waals surface area (Å²) >= 11 is 1.28. The van der Waals surface area contributed by atoms with Gasteiger partial charge in [-0.25, -0.2) is 14.8 Å². The molecule has 0 aliphatic rings. The van der Waals surface area contributed by atoms with Crippen LogP contribution in [-0.4, -0.2) is 21.0 Å². The molecule has 2 heterocycles. The van der Waals surface area contributed by atoms with Crippen LogP contribution in [0.15, 0.2) is 48.7 Å². The van der Waals surface area contributed by atoms with Crippen molar-refractivity contribution in [1.82, 2.24) is 9.97 Å². The highest BCUT2D eigenvalue weighted by atomic mass is 32.1. The van der Waals surface area contributed by atoms with Crippen LogP contribution in [0.1, 0.15) is 9.67 Å². The van der Waals surface area contributed by atoms with Gasteiger partial charge in [0.1, 0.15) is 4.88 Å². The van der Waals surface area contributed by atoms with E-state index in [2.05, 4.69) is 9.97 Å². The number of fused-ring (bicyclic) bond motifs is 2. The number of anilines is 1. The van der Waals surface area contributed by atoms with Crippen molar-refractivity contribution >= 4 is 44.2 Å². The first-order valence-electron chi connectivity index (χ1n) is 6.90. The van der Waals surface area contributed by atoms with Gasteiger partial charge in [0.05, 0.1) is 5.52 Å². The molecule has 4 aromatic rings. The van der Waals surface area contributed by atoms with E-state index in [1.54, 1.807) is 12.3 Å². The number of benzene rings is 2. The summed E-state index contributed by atoms with van der Waals surface area (Å²) in [5, 5.41) is 10.9. The van der Waals surface area contributed by atoms with Crippen molar-refractivity contribution in [2.45, 2.75) is 0 Å². The summed E-state index contributed by atoms with van der Waals surface area (Å²) in [5.41, 5.74) is 8.43. The Morgan fingerprint density at radius 2 is 1.78 bits per heavy atom. The van der Waals surface area contributed by atoms with E-state index < -0.39 is 5.97 Å². The van der Waals surface area contributed by atoms with E-state index >= 15 is 0 Å². The Morgan fingerprint density at radius 3 is 2.57 bits per heavy atom. The minimum Gasteiger partial charge on any atom is -0.477 e. The molecule has 0 amide bonds. The average Bonchev–Trinajstić information content (AvgIpc) is 2.97. The molecule has 0 bridgehead atoms. The zero-order valence-electron chi connectivity index (χ0n) is 11.9. The first-order valence-corrected chi connectivity index (χ1v) is 7.71. The maximum atomic E-state index is 11.1. The highest BCUT2D eigenvalue weighted by Crippen LogP contribution is 2.31. The zero-order valence-corrected chi connectivity index (χ0v) is 12.7. The molecule has 0 atom stereocenters. The lowest BCUT2D eigenvalue weighted by Crippen LogP contribution is -1.93. The van der Waals surface area contributed by atoms with E-state index in [0.717, 1.165) is 32.1 Å². The molecular weight excluding hydrogens is 310 g/mol. The number of thiophene rings is 1. The number of aromatic nitrogens is 2. The van der Waals surface area contributed by atoms with Crippen LogP contribution in [0.2, 0.25) is 0 Å². The number of nitrogens with zero attached hydrogens (tertiary/aromatic N) is 2. The van der Waals surface area contributed by atoms with Gasteiger partial charge < -0.3 is 10.8 Å². The van der Waals surface area contributed by atoms with Crippen LogP contribution in [0.3, 0.4) is 0 Å². The number of carboxylic acids is 1. The van der Waals surface area contributed by atoms with Gasteiger partial charge in [-0.2, -0.15) is 0 Å². The molecule has 0 fully saturated rings. The number of rotatable bonds is 2. The molecular formula is C17H11N3O2S. The highest BCUT2D eigenvalue weighted by molar-refractivity contribution is 7.20. The fourth-order valence-corrected chi connectivity index (χ4v) is 3.44. The Balaban J connectivity index is 1.84. The third-order valence-corrected chi connectivity index (χ3v) is 4.76. The van der Waals surface area contributed by atoms with Gasteiger partial charge in [-0.15, -0.1) is 11.3 Å². The Morgan fingerprint density at radius 1 is 1.04 bits per heavy atom. The molecule has 0 radical (unpaired) electrons. The quantitative estimate of drug-likeness (QED) is 0.586. The van der Waals surface area contributed by atoms with Crippen LogP contribution >= 0.6 is 11.3 Å². The topological polar surface area (TPSA) is 89.1 Å². The van der Waals surface area contributed by atoms with E-state index in [-0.39, 0.29) is 5.95 Å². The van der Waals surface area contributed by atoms with Crippen LogP contribution in [-0.2, 0) is 0 Å². The largest absolute Gasteiger partial charge is 0.477 e. The summed E-state index contributed by atoms with van der Waals surface area (Å²) in [6, 6.07) is 13.5. The molecule has 4 rings (SSSR count). The molecule has 23 heavy (non-hydrogen) atoms. The third kappa shape index (κ3) is 2.39. The van der Waals surface area contributed by atoms with Crippen molar-refractivity contribution in [2.24, 2.45) is 0 Å². The van der Waals surface area contributed by atoms with Crippen molar-refractivity contribution in [3.05, 3.63) is 53.5 Å². The molecule has 2 aromatic heterocycles. The van der Waals surface area contributed by atoms with Gasteiger partial charge in [0.25, 0.3) is 0 Å². The van der Waals surface area contributed by atoms with Gasteiger partial charge in [0.15, 0.2) is 0 Å². The molecule has 0 aliphatic carbocycles. The van der Waals surface area contributed by atoms with Gasteiger partial charge in [-0.3, -0.25) is 0 Å². The van der Waals surface area contributed by atoms with Crippen LogP contribution in [0.25, 0.3) is 32.1 Å². The van der Waals surface area contributed by atoms with Crippen LogP contribution in [0.5, 0.6) is 0 Å². The smallest absolute Gasteiger partial charge is 0.345 e. The maximum absolute atomic E-state index is 11.1. The van der Waals surface area contributed by atoms with E-state index in [1.165, 1.54) is 11.3 Å². The number of hydrogen-bond donors (Lipinski definition) is 2. The number of carbonyl (C=O) groups is 1. The molecule has 112 valence electrons. The molecule has 0 aliphatic heterocycles. The summed E-state index contributed by atoms with van der Waals surface area (Å²) in [7, 11) is 0. The zero-order chi connectivity index (χ0) is 16.0. The van der Waals surface area contributed by atoms with E-state index in [1.807, 2.05) is 36.4 Å². The monoisotopic (exact) mass is 321 g/mol. The van der Waals surface area contributed by atoms with Gasteiger partial charge in [-0.05, 0) is 46.8 Å². The van der Waals surface area contributed by atoms with Crippen LogP contribution in [0.4, 0.5) is 5.95 Å². The average molecular weight is 321 g/mol. The number of nitrogen functional groups attached to an aromatic ring is 1. The summed E-state index contributed by atoms with van der Waals surface area (Å²) in [4.78, 5) is 19.6. The highest BCUT2D eigenvalue weighted by Gasteiger charge is 2.09. The SMILES string of the molecule is Nc1ncc2cc(-c3ccc4sc(C(=O)O)cc4c3)ccc2n1. The number of aromatic carboxylic acids is 1. The summed E-state index contributed by atoms with van der Waals surface area (Å²) in [6.45, 7) is 0. The van der Waals surface area contributed by atoms with Crippen molar-refractivity contribution in [2.75, 3.05) is 5.73 Å². The predicted molar refractivity (Wildman–Crippen MR) is 91.7 cm³/mol. The first kappa shape index (κ1) is 13.7. The molecule has 6 heteroatoms. The third-order valence-electron chi connectivity index (χ3n) is 3.66. The van der Waals surface area contributed by atoms with Crippen LogP contribution in [0, 0.1) is 0 Å². The number of hydrogen-bond acceptors (Lipinski definition) is 5. The van der Waals surface area contributed by atoms with E-state index in [4.69, 9.17) is 10.8 Å². The van der Waals surface area contributed by atoms with E-state index in [0.29, 0.717) is 4.88 Å². The fourth-order valence-electron chi connectivity index (χ4n) is 2.56. The normalized spacial score (nSPS) is 11.1. The maximum Gasteiger partial charge on any atom is 0.345 e. The molecule has 0 spiro atoms. The Kier molecular flexibility index (Phi) is 2.99. The molecule has 2 aromatic carbocycles. The summed E-state index contributed by atoms with van der Waals surface area (Å²) in [5.74, 6) is -0.640. The van der Waals surface area contributed by atoms with Gasteiger partial charge in [-0.1, -0.05) is 12.1 Å². The van der Waals surface area contributed by atoms with Gasteiger partial charge in [0.2, 0.25) is 5.95 Å². The minimum absolute atomic E-state index is 0.256. The molecule has 5 nitrogen and oxygen atoms in total. The van der Waals surface area contributed by atoms with Crippen molar-refractivity contribution < 1.29 is 9.90 Å². The summed E-state index contributed by atoms with van der Waals surface area (Å²) in [6.07, 6.45) is 1.70. The molecule has 0 saturated carbocycles. The Bertz CT molecular complexity index is 1070. The van der Waals surface area contributed by atoms with Crippen molar-refractivity contribution in [3.8, 4) is 11.1 Å². The molecule has 0 saturated heterocycles. The van der Waals surface area contributed by atoms with Crippen molar-refractivity contribution in [3.63, 3.8) is 0 Å². The lowest BCUT2D eigenvalue weighted by Gasteiger charge is -2.04. The van der Waals surface area contributed by atoms with Crippen LogP contribution < -0.4 is 5.73 Å². The fraction of sp³-hybridized carbons (Fsp3) is 0. The molecule has 3 N–H and O–H groups in total. The predicted octanol–water partition coefficient (Wildman–Crippen LogP) is 3.79. The molecule has 0 unspecified atom stereocenters.